The molecule has 3 aromatic carbocycles. The highest BCUT2D eigenvalue weighted by molar-refractivity contribution is 6.30. The molecule has 0 amide bonds. The highest BCUT2D eigenvalue weighted by Crippen LogP contribution is 2.26. The highest BCUT2D eigenvalue weighted by Gasteiger charge is 2.25. The number of carbonyl (C=O) groups is 1. The number of aryl methyl sites for hydroxylation is 1. The van der Waals surface area contributed by atoms with E-state index in [1.165, 1.54) is 5.39 Å². The van der Waals surface area contributed by atoms with Crippen molar-refractivity contribution in [1.82, 2.24) is 20.1 Å². The molecule has 3 N–H and O–H groups in total. The molecule has 0 bridgehead atoms. The van der Waals surface area contributed by atoms with Crippen LogP contribution in [0.3, 0.4) is 0 Å². The Labute approximate surface area is 226 Å². The molecule has 2 aromatic heterocycles. The number of aromatic amines is 1. The monoisotopic (exact) mass is 522 g/mol. The van der Waals surface area contributed by atoms with Crippen LogP contribution in [-0.2, 0) is 6.54 Å². The Kier molecular flexibility index (Phi) is 7.55. The second kappa shape index (κ2) is 11.3. The van der Waals surface area contributed by atoms with Crippen molar-refractivity contribution < 1.29 is 4.79 Å². The van der Waals surface area contributed by atoms with Crippen molar-refractivity contribution in [1.29, 1.82) is 5.26 Å². The lowest BCUT2D eigenvalue weighted by Crippen LogP contribution is -2.18. The number of hydrogen-bond acceptors (Lipinski definition) is 5. The Morgan fingerprint density at radius 1 is 1.05 bits per heavy atom. The summed E-state index contributed by atoms with van der Waals surface area (Å²) in [6, 6.07) is 26.9. The first-order valence-electron chi connectivity index (χ1n) is 12.4. The summed E-state index contributed by atoms with van der Waals surface area (Å²) >= 11 is 6.08. The van der Waals surface area contributed by atoms with Gasteiger partial charge in [-0.2, -0.15) is 10.4 Å². The molecule has 0 spiro atoms. The Morgan fingerprint density at radius 3 is 2.55 bits per heavy atom. The number of rotatable bonds is 10. The van der Waals surface area contributed by atoms with Crippen LogP contribution in [0, 0.1) is 18.3 Å². The van der Waals surface area contributed by atoms with Gasteiger partial charge < -0.3 is 15.6 Å². The van der Waals surface area contributed by atoms with E-state index >= 15 is 0 Å². The van der Waals surface area contributed by atoms with Crippen molar-refractivity contribution in [3.8, 4) is 11.8 Å². The van der Waals surface area contributed by atoms with Gasteiger partial charge in [-0.1, -0.05) is 59.6 Å². The number of H-pyrrole nitrogens is 1. The predicted molar refractivity (Wildman–Crippen MR) is 151 cm³/mol. The first-order chi connectivity index (χ1) is 18.5. The van der Waals surface area contributed by atoms with Crippen LogP contribution in [0.5, 0.6) is 0 Å². The third-order valence-corrected chi connectivity index (χ3v) is 6.57. The molecular weight excluding hydrogens is 496 g/mol. The SMILES string of the molecule is Cc1ccc(C(=O)c2nn(-c3ccc(Cl)cc3)c(NCCCNCc3cc4ccccc4[nH]3)c2C#N)cc1. The van der Waals surface area contributed by atoms with Crippen molar-refractivity contribution >= 4 is 34.1 Å². The molecular formula is C30H27ClN6O. The van der Waals surface area contributed by atoms with E-state index in [2.05, 4.69) is 45.0 Å². The maximum absolute atomic E-state index is 13.3. The van der Waals surface area contributed by atoms with Crippen LogP contribution in [0.15, 0.2) is 78.9 Å². The number of carbonyl (C=O) groups excluding carboxylic acids is 1. The van der Waals surface area contributed by atoms with E-state index in [-0.39, 0.29) is 17.0 Å². The number of ketones is 1. The zero-order chi connectivity index (χ0) is 26.5. The highest BCUT2D eigenvalue weighted by atomic mass is 35.5. The largest absolute Gasteiger partial charge is 0.369 e. The maximum Gasteiger partial charge on any atom is 0.214 e. The zero-order valence-electron chi connectivity index (χ0n) is 21.0. The van der Waals surface area contributed by atoms with Crippen molar-refractivity contribution in [2.24, 2.45) is 0 Å². The van der Waals surface area contributed by atoms with Crippen LogP contribution in [0.4, 0.5) is 5.82 Å². The minimum Gasteiger partial charge on any atom is -0.369 e. The molecule has 7 nitrogen and oxygen atoms in total. The molecule has 0 aliphatic rings. The van der Waals surface area contributed by atoms with Crippen molar-refractivity contribution in [3.05, 3.63) is 112 Å². The molecule has 0 aliphatic carbocycles. The summed E-state index contributed by atoms with van der Waals surface area (Å²) in [5, 5.41) is 23.2. The molecule has 0 radical (unpaired) electrons. The number of para-hydroxylation sites is 1. The van der Waals surface area contributed by atoms with Gasteiger partial charge in [-0.25, -0.2) is 4.68 Å². The average molecular weight is 523 g/mol. The van der Waals surface area contributed by atoms with Gasteiger partial charge in [-0.15, -0.1) is 0 Å². The molecule has 190 valence electrons. The molecule has 0 saturated heterocycles. The summed E-state index contributed by atoms with van der Waals surface area (Å²) in [7, 11) is 0. The van der Waals surface area contributed by atoms with Gasteiger partial charge in [0.2, 0.25) is 5.78 Å². The molecule has 0 saturated carbocycles. The smallest absolute Gasteiger partial charge is 0.214 e. The first-order valence-corrected chi connectivity index (χ1v) is 12.8. The Morgan fingerprint density at radius 2 is 1.82 bits per heavy atom. The minimum absolute atomic E-state index is 0.116. The van der Waals surface area contributed by atoms with Gasteiger partial charge in [-0.05, 0) is 61.7 Å². The first kappa shape index (κ1) is 25.3. The van der Waals surface area contributed by atoms with E-state index < -0.39 is 0 Å². The normalized spacial score (nSPS) is 11.0. The summed E-state index contributed by atoms with van der Waals surface area (Å²) in [6.07, 6.45) is 0.804. The van der Waals surface area contributed by atoms with Crippen LogP contribution < -0.4 is 10.6 Å². The fourth-order valence-corrected chi connectivity index (χ4v) is 4.45. The Balaban J connectivity index is 1.30. The quantitative estimate of drug-likeness (QED) is 0.154. The lowest BCUT2D eigenvalue weighted by atomic mass is 10.0. The number of nitrogens with one attached hydrogen (secondary N) is 3. The minimum atomic E-state index is -0.294. The van der Waals surface area contributed by atoms with Crippen LogP contribution in [-0.4, -0.2) is 33.6 Å². The van der Waals surface area contributed by atoms with Crippen LogP contribution >= 0.6 is 11.6 Å². The van der Waals surface area contributed by atoms with Crippen molar-refractivity contribution in [3.63, 3.8) is 0 Å². The molecule has 8 heteroatoms. The molecule has 5 aromatic rings. The summed E-state index contributed by atoms with van der Waals surface area (Å²) in [5.74, 6) is 0.193. The zero-order valence-corrected chi connectivity index (χ0v) is 21.7. The molecule has 2 heterocycles. The summed E-state index contributed by atoms with van der Waals surface area (Å²) in [5.41, 5.74) is 4.83. The molecule has 38 heavy (non-hydrogen) atoms. The number of nitrogens with zero attached hydrogens (tertiary/aromatic N) is 3. The van der Waals surface area contributed by atoms with E-state index in [4.69, 9.17) is 11.6 Å². The van der Waals surface area contributed by atoms with Gasteiger partial charge in [0.15, 0.2) is 5.69 Å². The number of halogens is 1. The van der Waals surface area contributed by atoms with Gasteiger partial charge in [0.05, 0.1) is 5.69 Å². The van der Waals surface area contributed by atoms with Gasteiger partial charge in [0.1, 0.15) is 17.5 Å². The van der Waals surface area contributed by atoms with Gasteiger partial charge in [0.25, 0.3) is 0 Å². The number of fused-ring (bicyclic) bond motifs is 1. The number of aromatic nitrogens is 3. The lowest BCUT2D eigenvalue weighted by molar-refractivity contribution is 0.103. The van der Waals surface area contributed by atoms with E-state index in [0.717, 1.165) is 36.3 Å². The van der Waals surface area contributed by atoms with Gasteiger partial charge in [0, 0.05) is 34.9 Å². The summed E-state index contributed by atoms with van der Waals surface area (Å²) in [6.45, 7) is 4.05. The summed E-state index contributed by atoms with van der Waals surface area (Å²) in [4.78, 5) is 16.7. The van der Waals surface area contributed by atoms with E-state index in [9.17, 15) is 10.1 Å². The summed E-state index contributed by atoms with van der Waals surface area (Å²) < 4.78 is 1.61. The van der Waals surface area contributed by atoms with Crippen LogP contribution in [0.1, 0.15) is 39.3 Å². The van der Waals surface area contributed by atoms with Gasteiger partial charge in [-0.3, -0.25) is 4.79 Å². The molecule has 0 atom stereocenters. The maximum atomic E-state index is 13.3. The topological polar surface area (TPSA) is 98.5 Å². The van der Waals surface area contributed by atoms with E-state index in [1.807, 2.05) is 43.3 Å². The third kappa shape index (κ3) is 5.47. The average Bonchev–Trinajstić information content (AvgIpc) is 3.52. The van der Waals surface area contributed by atoms with Gasteiger partial charge >= 0.3 is 0 Å². The standard InChI is InChI=1S/C30H27ClN6O/c1-20-7-9-21(10-8-20)29(38)28-26(18-32)30(37(36-28)25-13-11-23(31)12-14-25)34-16-4-15-33-19-24-17-22-5-2-3-6-27(22)35-24/h2-3,5-14,17,33-35H,4,15-16,19H2,1H3. The van der Waals surface area contributed by atoms with Crippen molar-refractivity contribution in [2.45, 2.75) is 19.9 Å². The third-order valence-electron chi connectivity index (χ3n) is 6.32. The second-order valence-electron chi connectivity index (χ2n) is 9.11. The molecule has 5 rings (SSSR count). The molecule has 0 fully saturated rings. The van der Waals surface area contributed by atoms with Crippen LogP contribution in [0.2, 0.25) is 5.02 Å². The Hall–Kier alpha value is -4.38. The van der Waals surface area contributed by atoms with Crippen LogP contribution in [0.25, 0.3) is 16.6 Å². The predicted octanol–water partition coefficient (Wildman–Crippen LogP) is 6.01. The lowest BCUT2D eigenvalue weighted by Gasteiger charge is -2.11. The number of anilines is 1. The molecule has 0 unspecified atom stereocenters. The second-order valence-corrected chi connectivity index (χ2v) is 9.54. The van der Waals surface area contributed by atoms with Crippen molar-refractivity contribution in [2.75, 3.05) is 18.4 Å². The molecule has 0 aliphatic heterocycles. The Bertz CT molecular complexity index is 1580. The fourth-order valence-electron chi connectivity index (χ4n) is 4.33. The number of nitriles is 1. The number of hydrogen-bond donors (Lipinski definition) is 3. The van der Waals surface area contributed by atoms with E-state index in [0.29, 0.717) is 28.6 Å². The number of benzene rings is 3. The van der Waals surface area contributed by atoms with E-state index in [1.54, 1.807) is 28.9 Å². The fraction of sp³-hybridized carbons (Fsp3) is 0.167.